The highest BCUT2D eigenvalue weighted by Crippen LogP contribution is 2.28. The first-order valence-electron chi connectivity index (χ1n) is 8.39. The molecule has 9 heteroatoms. The second-order valence-corrected chi connectivity index (χ2v) is 8.02. The Morgan fingerprint density at radius 2 is 1.88 bits per heavy atom. The van der Waals surface area contributed by atoms with Gasteiger partial charge in [0.15, 0.2) is 4.34 Å². The minimum absolute atomic E-state index is 0.0303. The molecule has 1 aliphatic heterocycles. The Bertz CT molecular complexity index is 745. The van der Waals surface area contributed by atoms with Crippen LogP contribution >= 0.6 is 23.1 Å². The van der Waals surface area contributed by atoms with E-state index in [0.29, 0.717) is 25.3 Å². The molecule has 2 heterocycles. The van der Waals surface area contributed by atoms with Crippen LogP contribution in [0.25, 0.3) is 0 Å². The van der Waals surface area contributed by atoms with Gasteiger partial charge in [-0.15, -0.1) is 10.2 Å². The number of nitrogens with zero attached hydrogens (tertiary/aromatic N) is 4. The molecule has 3 rings (SSSR count). The van der Waals surface area contributed by atoms with Gasteiger partial charge in [0.25, 0.3) is 0 Å². The van der Waals surface area contributed by atoms with E-state index >= 15 is 0 Å². The summed E-state index contributed by atoms with van der Waals surface area (Å²) >= 11 is 2.87. The van der Waals surface area contributed by atoms with E-state index in [1.54, 1.807) is 7.05 Å². The number of hydrogen-bond acceptors (Lipinski definition) is 7. The van der Waals surface area contributed by atoms with Gasteiger partial charge in [0.1, 0.15) is 0 Å². The maximum absolute atomic E-state index is 12.4. The minimum atomic E-state index is -0.0303. The van der Waals surface area contributed by atoms with E-state index < -0.39 is 0 Å². The largest absolute Gasteiger partial charge is 0.358 e. The van der Waals surface area contributed by atoms with Gasteiger partial charge in [-0.05, 0) is 5.56 Å². The Balaban J connectivity index is 1.48. The molecule has 0 spiro atoms. The first-order chi connectivity index (χ1) is 12.7. The molecule has 0 saturated carbocycles. The Labute approximate surface area is 160 Å². The number of aromatic nitrogens is 2. The average Bonchev–Trinajstić information content (AvgIpc) is 3.16. The van der Waals surface area contributed by atoms with Crippen molar-refractivity contribution < 1.29 is 9.59 Å². The van der Waals surface area contributed by atoms with Crippen molar-refractivity contribution in [2.45, 2.75) is 10.8 Å². The molecule has 1 aromatic carbocycles. The third-order valence-corrected chi connectivity index (χ3v) is 6.22. The molecule has 7 nitrogen and oxygen atoms in total. The van der Waals surface area contributed by atoms with Crippen LogP contribution in [0, 0.1) is 0 Å². The van der Waals surface area contributed by atoms with E-state index in [0.717, 1.165) is 28.1 Å². The number of carbonyl (C=O) groups is 2. The molecule has 0 atom stereocenters. The summed E-state index contributed by atoms with van der Waals surface area (Å²) in [5.41, 5.74) is 1.04. The molecule has 1 N–H and O–H groups in total. The Kier molecular flexibility index (Phi) is 6.45. The zero-order chi connectivity index (χ0) is 18.4. The van der Waals surface area contributed by atoms with E-state index in [4.69, 9.17) is 0 Å². The summed E-state index contributed by atoms with van der Waals surface area (Å²) < 4.78 is 0.784. The molecule has 138 valence electrons. The Morgan fingerprint density at radius 3 is 2.58 bits per heavy atom. The number of amides is 2. The zero-order valence-corrected chi connectivity index (χ0v) is 16.2. The van der Waals surface area contributed by atoms with Gasteiger partial charge in [0.05, 0.1) is 12.2 Å². The first-order valence-corrected chi connectivity index (χ1v) is 10.2. The van der Waals surface area contributed by atoms with Crippen molar-refractivity contribution in [3.63, 3.8) is 0 Å². The van der Waals surface area contributed by atoms with E-state index in [2.05, 4.69) is 20.4 Å². The lowest BCUT2D eigenvalue weighted by atomic mass is 10.1. The topological polar surface area (TPSA) is 78.4 Å². The standard InChI is InChI=1S/C17H21N5O2S2/c1-18-14(23)12-25-17-20-19-16(26-17)22-9-7-21(8-10-22)15(24)11-13-5-3-2-4-6-13/h2-6H,7-12H2,1H3,(H,18,23). The van der Waals surface area contributed by atoms with Crippen molar-refractivity contribution >= 4 is 40.0 Å². The lowest BCUT2D eigenvalue weighted by Gasteiger charge is -2.34. The summed E-state index contributed by atoms with van der Waals surface area (Å²) in [6.45, 7) is 2.86. The van der Waals surface area contributed by atoms with Crippen molar-refractivity contribution in [3.05, 3.63) is 35.9 Å². The van der Waals surface area contributed by atoms with Crippen molar-refractivity contribution in [2.75, 3.05) is 43.9 Å². The van der Waals surface area contributed by atoms with Crippen LogP contribution in [0.5, 0.6) is 0 Å². The quantitative estimate of drug-likeness (QED) is 0.747. The summed E-state index contributed by atoms with van der Waals surface area (Å²) in [6, 6.07) is 9.82. The fourth-order valence-corrected chi connectivity index (χ4v) is 4.38. The predicted octanol–water partition coefficient (Wildman–Crippen LogP) is 1.27. The molecule has 2 aromatic rings. The number of carbonyl (C=O) groups excluding carboxylic acids is 2. The number of nitrogens with one attached hydrogen (secondary N) is 1. The maximum Gasteiger partial charge on any atom is 0.230 e. The van der Waals surface area contributed by atoms with Gasteiger partial charge in [0.2, 0.25) is 16.9 Å². The van der Waals surface area contributed by atoms with Crippen molar-refractivity contribution in [1.29, 1.82) is 0 Å². The number of thioether (sulfide) groups is 1. The molecule has 0 aliphatic carbocycles. The summed E-state index contributed by atoms with van der Waals surface area (Å²) in [5, 5.41) is 11.8. The highest BCUT2D eigenvalue weighted by molar-refractivity contribution is 8.01. The van der Waals surface area contributed by atoms with Crippen molar-refractivity contribution in [3.8, 4) is 0 Å². The van der Waals surface area contributed by atoms with Gasteiger partial charge in [-0.3, -0.25) is 9.59 Å². The highest BCUT2D eigenvalue weighted by atomic mass is 32.2. The molecule has 1 aliphatic rings. The first kappa shape index (κ1) is 18.7. The molecular weight excluding hydrogens is 370 g/mol. The van der Waals surface area contributed by atoms with Gasteiger partial charge in [-0.25, -0.2) is 0 Å². The predicted molar refractivity (Wildman–Crippen MR) is 104 cm³/mol. The van der Waals surface area contributed by atoms with Crippen LogP contribution in [0.3, 0.4) is 0 Å². The number of rotatable bonds is 6. The lowest BCUT2D eigenvalue weighted by Crippen LogP contribution is -2.49. The molecule has 1 aromatic heterocycles. The number of benzene rings is 1. The third-order valence-electron chi connectivity index (χ3n) is 4.10. The molecule has 1 saturated heterocycles. The zero-order valence-electron chi connectivity index (χ0n) is 14.6. The normalized spacial score (nSPS) is 14.3. The van der Waals surface area contributed by atoms with Gasteiger partial charge in [-0.2, -0.15) is 0 Å². The second kappa shape index (κ2) is 9.00. The summed E-state index contributed by atoms with van der Waals surface area (Å²) in [6.07, 6.45) is 0.444. The number of anilines is 1. The summed E-state index contributed by atoms with van der Waals surface area (Å²) in [7, 11) is 1.62. The van der Waals surface area contributed by atoms with E-state index in [1.807, 2.05) is 35.2 Å². The van der Waals surface area contributed by atoms with Crippen molar-refractivity contribution in [1.82, 2.24) is 20.4 Å². The van der Waals surface area contributed by atoms with Crippen LogP contribution in [-0.2, 0) is 16.0 Å². The second-order valence-electron chi connectivity index (χ2n) is 5.84. The molecule has 0 radical (unpaired) electrons. The lowest BCUT2D eigenvalue weighted by molar-refractivity contribution is -0.130. The minimum Gasteiger partial charge on any atom is -0.358 e. The average molecular weight is 392 g/mol. The number of hydrogen-bond donors (Lipinski definition) is 1. The van der Waals surface area contributed by atoms with Gasteiger partial charge in [-0.1, -0.05) is 53.4 Å². The van der Waals surface area contributed by atoms with Crippen molar-refractivity contribution in [2.24, 2.45) is 0 Å². The van der Waals surface area contributed by atoms with Crippen LogP contribution in [0.4, 0.5) is 5.13 Å². The van der Waals surface area contributed by atoms with Crippen LogP contribution in [-0.4, -0.2) is 65.9 Å². The molecule has 0 bridgehead atoms. The Hall–Kier alpha value is -2.13. The highest BCUT2D eigenvalue weighted by Gasteiger charge is 2.23. The number of piperazine rings is 1. The third kappa shape index (κ3) is 4.95. The van der Waals surface area contributed by atoms with Gasteiger partial charge in [0, 0.05) is 33.2 Å². The van der Waals surface area contributed by atoms with E-state index in [9.17, 15) is 9.59 Å². The fourth-order valence-electron chi connectivity index (χ4n) is 2.62. The van der Waals surface area contributed by atoms with Crippen LogP contribution < -0.4 is 10.2 Å². The molecule has 0 unspecified atom stereocenters. The monoisotopic (exact) mass is 391 g/mol. The molecular formula is C17H21N5O2S2. The molecule has 2 amide bonds. The maximum atomic E-state index is 12.4. The fraction of sp³-hybridized carbons (Fsp3) is 0.412. The van der Waals surface area contributed by atoms with Crippen LogP contribution in [0.2, 0.25) is 0 Å². The van der Waals surface area contributed by atoms with Crippen LogP contribution in [0.15, 0.2) is 34.7 Å². The Morgan fingerprint density at radius 1 is 1.15 bits per heavy atom. The van der Waals surface area contributed by atoms with E-state index in [1.165, 1.54) is 23.1 Å². The van der Waals surface area contributed by atoms with Crippen LogP contribution in [0.1, 0.15) is 5.56 Å². The summed E-state index contributed by atoms with van der Waals surface area (Å²) in [5.74, 6) is 0.472. The summed E-state index contributed by atoms with van der Waals surface area (Å²) in [4.78, 5) is 27.8. The SMILES string of the molecule is CNC(=O)CSc1nnc(N2CCN(C(=O)Cc3ccccc3)CC2)s1. The van der Waals surface area contributed by atoms with Gasteiger partial charge >= 0.3 is 0 Å². The molecule has 1 fully saturated rings. The smallest absolute Gasteiger partial charge is 0.230 e. The molecule has 26 heavy (non-hydrogen) atoms. The van der Waals surface area contributed by atoms with Gasteiger partial charge < -0.3 is 15.1 Å². The van der Waals surface area contributed by atoms with E-state index in [-0.39, 0.29) is 11.8 Å².